The van der Waals surface area contributed by atoms with Gasteiger partial charge in [0.2, 0.25) is 10.0 Å². The molecule has 1 aromatic heterocycles. The lowest BCUT2D eigenvalue weighted by molar-refractivity contribution is 0.432. The van der Waals surface area contributed by atoms with E-state index in [0.717, 1.165) is 29.3 Å². The summed E-state index contributed by atoms with van der Waals surface area (Å²) in [5, 5.41) is 4.84. The molecule has 1 aliphatic heterocycles. The fraction of sp³-hybridized carbons (Fsp3) is 0.400. The van der Waals surface area contributed by atoms with Crippen LogP contribution in [-0.2, 0) is 10.0 Å². The maximum Gasteiger partial charge on any atom is 0.243 e. The Labute approximate surface area is 149 Å². The van der Waals surface area contributed by atoms with Crippen LogP contribution in [0.4, 0.5) is 0 Å². The second-order valence-corrected chi connectivity index (χ2v) is 7.19. The number of hydrogen-bond acceptors (Lipinski definition) is 4. The predicted octanol–water partition coefficient (Wildman–Crippen LogP) is 2.37. The van der Waals surface area contributed by atoms with E-state index >= 15 is 0 Å². The van der Waals surface area contributed by atoms with E-state index in [2.05, 4.69) is 10.3 Å². The molecule has 0 atom stereocenters. The molecule has 0 amide bonds. The van der Waals surface area contributed by atoms with E-state index in [1.165, 1.54) is 0 Å². The number of benzene rings is 1. The molecule has 1 saturated heterocycles. The van der Waals surface area contributed by atoms with Gasteiger partial charge in [0.15, 0.2) is 0 Å². The van der Waals surface area contributed by atoms with Gasteiger partial charge < -0.3 is 5.32 Å². The first-order chi connectivity index (χ1) is 10.1. The van der Waals surface area contributed by atoms with Crippen LogP contribution in [0.5, 0.6) is 0 Å². The van der Waals surface area contributed by atoms with E-state index in [0.29, 0.717) is 24.5 Å². The topological polar surface area (TPSA) is 62.3 Å². The van der Waals surface area contributed by atoms with Crippen molar-refractivity contribution in [3.05, 3.63) is 36.2 Å². The third-order valence-electron chi connectivity index (χ3n) is 3.86. The maximum absolute atomic E-state index is 13.1. The van der Waals surface area contributed by atoms with Gasteiger partial charge in [-0.05, 0) is 31.5 Å². The summed E-state index contributed by atoms with van der Waals surface area (Å²) in [6.07, 6.45) is 4.19. The molecule has 2 heterocycles. The van der Waals surface area contributed by atoms with E-state index in [9.17, 15) is 8.42 Å². The maximum atomic E-state index is 13.1. The summed E-state index contributed by atoms with van der Waals surface area (Å²) in [4.78, 5) is 4.50. The Hall–Kier alpha value is -0.920. The lowest BCUT2D eigenvalue weighted by atomic mass is 10.1. The number of rotatable bonds is 2. The number of nitrogens with one attached hydrogen (secondary N) is 1. The van der Waals surface area contributed by atoms with Crippen molar-refractivity contribution in [2.75, 3.05) is 26.2 Å². The zero-order valence-corrected chi connectivity index (χ0v) is 15.3. The van der Waals surface area contributed by atoms with Gasteiger partial charge in [-0.15, -0.1) is 24.8 Å². The van der Waals surface area contributed by atoms with Gasteiger partial charge in [-0.2, -0.15) is 4.31 Å². The molecule has 128 valence electrons. The van der Waals surface area contributed by atoms with Crippen LogP contribution in [0.2, 0.25) is 0 Å². The van der Waals surface area contributed by atoms with Crippen LogP contribution in [0.3, 0.4) is 0 Å². The van der Waals surface area contributed by atoms with E-state index in [-0.39, 0.29) is 24.8 Å². The first-order valence-electron chi connectivity index (χ1n) is 7.15. The van der Waals surface area contributed by atoms with Crippen LogP contribution in [0.1, 0.15) is 12.0 Å². The molecule has 1 fully saturated rings. The molecule has 1 N–H and O–H groups in total. The van der Waals surface area contributed by atoms with Gasteiger partial charge >= 0.3 is 0 Å². The summed E-state index contributed by atoms with van der Waals surface area (Å²) in [5.74, 6) is 0. The molecule has 0 saturated carbocycles. The Morgan fingerprint density at radius 1 is 1.13 bits per heavy atom. The minimum Gasteiger partial charge on any atom is -0.315 e. The molecular formula is C15H21Cl2N3O2S. The normalized spacial score (nSPS) is 16.2. The van der Waals surface area contributed by atoms with Crippen molar-refractivity contribution in [3.63, 3.8) is 0 Å². The largest absolute Gasteiger partial charge is 0.315 e. The zero-order valence-electron chi connectivity index (χ0n) is 12.9. The summed E-state index contributed by atoms with van der Waals surface area (Å²) in [5.41, 5.74) is 0.783. The summed E-state index contributed by atoms with van der Waals surface area (Å²) in [6, 6.07) is 5.55. The molecule has 0 bridgehead atoms. The fourth-order valence-corrected chi connectivity index (χ4v) is 4.68. The molecular weight excluding hydrogens is 357 g/mol. The van der Waals surface area contributed by atoms with Crippen LogP contribution in [0.25, 0.3) is 10.8 Å². The van der Waals surface area contributed by atoms with Crippen LogP contribution in [-0.4, -0.2) is 43.9 Å². The smallest absolute Gasteiger partial charge is 0.243 e. The highest BCUT2D eigenvalue weighted by Gasteiger charge is 2.28. The number of halogens is 2. The van der Waals surface area contributed by atoms with Crippen LogP contribution >= 0.6 is 24.8 Å². The molecule has 0 aliphatic carbocycles. The summed E-state index contributed by atoms with van der Waals surface area (Å²) < 4.78 is 27.7. The standard InChI is InChI=1S/C15H19N3O2S.2ClH/c1-12-3-4-13-11-17-7-5-14(13)15(12)21(19,20)18-9-2-6-16-8-10-18;;/h3-5,7,11,16H,2,6,8-10H2,1H3;2*1H. The highest BCUT2D eigenvalue weighted by molar-refractivity contribution is 7.89. The summed E-state index contributed by atoms with van der Waals surface area (Å²) in [6.45, 7) is 4.50. The van der Waals surface area contributed by atoms with Crippen molar-refractivity contribution >= 4 is 45.6 Å². The van der Waals surface area contributed by atoms with Gasteiger partial charge in [-0.3, -0.25) is 4.98 Å². The Kier molecular flexibility index (Phi) is 7.23. The summed E-state index contributed by atoms with van der Waals surface area (Å²) >= 11 is 0. The van der Waals surface area contributed by atoms with Gasteiger partial charge in [0, 0.05) is 42.8 Å². The molecule has 5 nitrogen and oxygen atoms in total. The molecule has 1 aromatic carbocycles. The minimum atomic E-state index is -3.48. The van der Waals surface area contributed by atoms with E-state index < -0.39 is 10.0 Å². The quantitative estimate of drug-likeness (QED) is 0.872. The van der Waals surface area contributed by atoms with Crippen molar-refractivity contribution in [1.82, 2.24) is 14.6 Å². The third-order valence-corrected chi connectivity index (χ3v) is 5.97. The van der Waals surface area contributed by atoms with Crippen molar-refractivity contribution in [2.45, 2.75) is 18.2 Å². The molecule has 0 radical (unpaired) electrons. The van der Waals surface area contributed by atoms with Crippen LogP contribution < -0.4 is 5.32 Å². The van der Waals surface area contributed by atoms with Gasteiger partial charge in [0.05, 0.1) is 4.90 Å². The lowest BCUT2D eigenvalue weighted by Crippen LogP contribution is -2.34. The highest BCUT2D eigenvalue weighted by atomic mass is 35.5. The number of sulfonamides is 1. The number of pyridine rings is 1. The number of nitrogens with zero attached hydrogens (tertiary/aromatic N) is 2. The molecule has 3 rings (SSSR count). The first-order valence-corrected chi connectivity index (χ1v) is 8.59. The van der Waals surface area contributed by atoms with Gasteiger partial charge in [0.25, 0.3) is 0 Å². The van der Waals surface area contributed by atoms with Crippen LogP contribution in [0, 0.1) is 6.92 Å². The predicted molar refractivity (Wildman–Crippen MR) is 97.2 cm³/mol. The highest BCUT2D eigenvalue weighted by Crippen LogP contribution is 2.28. The number of fused-ring (bicyclic) bond motifs is 1. The molecule has 23 heavy (non-hydrogen) atoms. The van der Waals surface area contributed by atoms with Crippen molar-refractivity contribution in [2.24, 2.45) is 0 Å². The van der Waals surface area contributed by atoms with Gasteiger partial charge in [-0.25, -0.2) is 8.42 Å². The molecule has 2 aromatic rings. The van der Waals surface area contributed by atoms with E-state index in [1.807, 2.05) is 19.1 Å². The van der Waals surface area contributed by atoms with Crippen molar-refractivity contribution < 1.29 is 8.42 Å². The SMILES string of the molecule is Cc1ccc2cnccc2c1S(=O)(=O)N1CCCNCC1.Cl.Cl. The third kappa shape index (κ3) is 3.95. The van der Waals surface area contributed by atoms with E-state index in [4.69, 9.17) is 0 Å². The number of aryl methyl sites for hydroxylation is 1. The zero-order chi connectivity index (χ0) is 14.9. The Morgan fingerprint density at radius 3 is 2.70 bits per heavy atom. The molecule has 0 unspecified atom stereocenters. The number of aromatic nitrogens is 1. The average Bonchev–Trinajstić information content (AvgIpc) is 2.76. The Morgan fingerprint density at radius 2 is 1.91 bits per heavy atom. The Balaban J connectivity index is 0.00000132. The van der Waals surface area contributed by atoms with Crippen molar-refractivity contribution in [1.29, 1.82) is 0 Å². The lowest BCUT2D eigenvalue weighted by Gasteiger charge is -2.22. The Bertz CT molecular complexity index is 760. The number of hydrogen-bond donors (Lipinski definition) is 1. The second-order valence-electron chi connectivity index (χ2n) is 5.32. The van der Waals surface area contributed by atoms with Gasteiger partial charge in [-0.1, -0.05) is 12.1 Å². The van der Waals surface area contributed by atoms with Crippen molar-refractivity contribution in [3.8, 4) is 0 Å². The minimum absolute atomic E-state index is 0. The monoisotopic (exact) mass is 377 g/mol. The molecule has 1 aliphatic rings. The molecule has 0 spiro atoms. The fourth-order valence-electron chi connectivity index (χ4n) is 2.78. The summed E-state index contributed by atoms with van der Waals surface area (Å²) in [7, 11) is -3.48. The molecule has 8 heteroatoms. The first kappa shape index (κ1) is 20.1. The van der Waals surface area contributed by atoms with E-state index in [1.54, 1.807) is 22.8 Å². The van der Waals surface area contributed by atoms with Gasteiger partial charge in [0.1, 0.15) is 0 Å². The second kappa shape index (κ2) is 8.26. The van der Waals surface area contributed by atoms with Crippen LogP contribution in [0.15, 0.2) is 35.5 Å². The average molecular weight is 378 g/mol.